The standard InChI is InChI=1S/C6H10O2/c1-4-2-5(4)6(8)3-7/h5-8H,1-3H2/t5-,6-/m1/s1. The second-order valence-corrected chi connectivity index (χ2v) is 2.22. The lowest BCUT2D eigenvalue weighted by Gasteiger charge is -2.00. The van der Waals surface area contributed by atoms with E-state index in [4.69, 9.17) is 10.2 Å². The molecule has 0 aromatic heterocycles. The summed E-state index contributed by atoms with van der Waals surface area (Å²) in [6, 6.07) is 0. The number of aliphatic hydroxyl groups excluding tert-OH is 2. The van der Waals surface area contributed by atoms with Crippen LogP contribution < -0.4 is 0 Å². The van der Waals surface area contributed by atoms with Crippen LogP contribution in [0.15, 0.2) is 12.2 Å². The van der Waals surface area contributed by atoms with Gasteiger partial charge in [-0.3, -0.25) is 0 Å². The summed E-state index contributed by atoms with van der Waals surface area (Å²) in [5.41, 5.74) is 1.06. The molecule has 8 heavy (non-hydrogen) atoms. The van der Waals surface area contributed by atoms with Crippen LogP contribution >= 0.6 is 0 Å². The maximum Gasteiger partial charge on any atom is 0.0838 e. The van der Waals surface area contributed by atoms with Crippen LogP contribution in [-0.2, 0) is 0 Å². The molecule has 0 saturated heterocycles. The third-order valence-corrected chi connectivity index (χ3v) is 1.50. The van der Waals surface area contributed by atoms with Gasteiger partial charge in [-0.25, -0.2) is 0 Å². The van der Waals surface area contributed by atoms with E-state index >= 15 is 0 Å². The summed E-state index contributed by atoms with van der Waals surface area (Å²) in [5.74, 6) is 0.194. The molecule has 0 unspecified atom stereocenters. The lowest BCUT2D eigenvalue weighted by Crippen LogP contribution is -2.13. The third-order valence-electron chi connectivity index (χ3n) is 1.50. The van der Waals surface area contributed by atoms with Gasteiger partial charge in [-0.1, -0.05) is 12.2 Å². The number of hydrogen-bond donors (Lipinski definition) is 2. The molecule has 2 atom stereocenters. The van der Waals surface area contributed by atoms with Gasteiger partial charge in [-0.2, -0.15) is 0 Å². The van der Waals surface area contributed by atoms with Crippen molar-refractivity contribution in [3.63, 3.8) is 0 Å². The Morgan fingerprint density at radius 2 is 2.38 bits per heavy atom. The van der Waals surface area contributed by atoms with Crippen molar-refractivity contribution in [2.45, 2.75) is 12.5 Å². The first-order valence-electron chi connectivity index (χ1n) is 2.72. The van der Waals surface area contributed by atoms with Crippen molar-refractivity contribution in [1.82, 2.24) is 0 Å². The van der Waals surface area contributed by atoms with Crippen LogP contribution in [0.1, 0.15) is 6.42 Å². The molecular weight excluding hydrogens is 104 g/mol. The number of rotatable bonds is 2. The largest absolute Gasteiger partial charge is 0.394 e. The second-order valence-electron chi connectivity index (χ2n) is 2.22. The van der Waals surface area contributed by atoms with Crippen LogP contribution in [0.5, 0.6) is 0 Å². The van der Waals surface area contributed by atoms with E-state index in [-0.39, 0.29) is 12.5 Å². The molecule has 0 spiro atoms. The minimum Gasteiger partial charge on any atom is -0.394 e. The summed E-state index contributed by atoms with van der Waals surface area (Å²) < 4.78 is 0. The van der Waals surface area contributed by atoms with Crippen molar-refractivity contribution in [2.24, 2.45) is 5.92 Å². The lowest BCUT2D eigenvalue weighted by atomic mass is 10.2. The monoisotopic (exact) mass is 114 g/mol. The minimum absolute atomic E-state index is 0.135. The van der Waals surface area contributed by atoms with Crippen LogP contribution in [0.4, 0.5) is 0 Å². The van der Waals surface area contributed by atoms with E-state index in [0.29, 0.717) is 0 Å². The summed E-state index contributed by atoms with van der Waals surface area (Å²) in [6.07, 6.45) is 0.337. The van der Waals surface area contributed by atoms with Gasteiger partial charge in [0, 0.05) is 5.92 Å². The molecule has 2 nitrogen and oxygen atoms in total. The average Bonchev–Trinajstić information content (AvgIpc) is 2.45. The van der Waals surface area contributed by atoms with E-state index in [1.807, 2.05) is 0 Å². The lowest BCUT2D eigenvalue weighted by molar-refractivity contribution is 0.0815. The van der Waals surface area contributed by atoms with E-state index < -0.39 is 6.10 Å². The molecule has 46 valence electrons. The molecule has 2 heteroatoms. The van der Waals surface area contributed by atoms with Crippen LogP contribution in [-0.4, -0.2) is 22.9 Å². The van der Waals surface area contributed by atoms with Gasteiger partial charge in [-0.15, -0.1) is 0 Å². The van der Waals surface area contributed by atoms with E-state index in [2.05, 4.69) is 6.58 Å². The third kappa shape index (κ3) is 0.904. The molecule has 1 rings (SSSR count). The fraction of sp³-hybridized carbons (Fsp3) is 0.667. The molecule has 1 fully saturated rings. The summed E-state index contributed by atoms with van der Waals surface area (Å²) >= 11 is 0. The highest BCUT2D eigenvalue weighted by atomic mass is 16.3. The quantitative estimate of drug-likeness (QED) is 0.493. The van der Waals surface area contributed by atoms with Crippen molar-refractivity contribution < 1.29 is 10.2 Å². The summed E-state index contributed by atoms with van der Waals surface area (Å²) in [6.45, 7) is 3.51. The first-order valence-corrected chi connectivity index (χ1v) is 2.72. The summed E-state index contributed by atoms with van der Waals surface area (Å²) in [4.78, 5) is 0. The molecule has 1 saturated carbocycles. The van der Waals surface area contributed by atoms with Gasteiger partial charge in [-0.05, 0) is 6.42 Å². The second kappa shape index (κ2) is 1.88. The predicted molar refractivity (Wildman–Crippen MR) is 30.3 cm³/mol. The Hall–Kier alpha value is -0.340. The van der Waals surface area contributed by atoms with Crippen molar-refractivity contribution in [1.29, 1.82) is 0 Å². The molecule has 1 aliphatic carbocycles. The zero-order valence-corrected chi connectivity index (χ0v) is 4.67. The molecule has 2 N–H and O–H groups in total. The van der Waals surface area contributed by atoms with Gasteiger partial charge in [0.1, 0.15) is 0 Å². The highest BCUT2D eigenvalue weighted by molar-refractivity contribution is 5.20. The maximum atomic E-state index is 8.86. The molecule has 0 aromatic rings. The maximum absolute atomic E-state index is 8.86. The summed E-state index contributed by atoms with van der Waals surface area (Å²) in [5, 5.41) is 17.2. The van der Waals surface area contributed by atoms with Gasteiger partial charge in [0.25, 0.3) is 0 Å². The molecular formula is C6H10O2. The number of aliphatic hydroxyl groups is 2. The normalized spacial score (nSPS) is 30.2. The molecule has 0 aliphatic heterocycles. The highest BCUT2D eigenvalue weighted by Gasteiger charge is 2.33. The molecule has 1 aliphatic rings. The Balaban J connectivity index is 2.28. The smallest absolute Gasteiger partial charge is 0.0838 e. The Bertz CT molecular complexity index is 109. The first kappa shape index (κ1) is 5.79. The van der Waals surface area contributed by atoms with Gasteiger partial charge < -0.3 is 10.2 Å². The van der Waals surface area contributed by atoms with E-state index in [9.17, 15) is 0 Å². The van der Waals surface area contributed by atoms with Crippen LogP contribution in [0.25, 0.3) is 0 Å². The van der Waals surface area contributed by atoms with E-state index in [1.165, 1.54) is 0 Å². The molecule has 0 aromatic carbocycles. The minimum atomic E-state index is -0.553. The fourth-order valence-corrected chi connectivity index (χ4v) is 0.759. The van der Waals surface area contributed by atoms with Gasteiger partial charge in [0.05, 0.1) is 12.7 Å². The average molecular weight is 114 g/mol. The highest BCUT2D eigenvalue weighted by Crippen LogP contribution is 2.38. The molecule has 0 amide bonds. The van der Waals surface area contributed by atoms with Crippen LogP contribution in [0, 0.1) is 5.92 Å². The van der Waals surface area contributed by atoms with Crippen molar-refractivity contribution in [3.05, 3.63) is 12.2 Å². The number of hydrogen-bond acceptors (Lipinski definition) is 2. The van der Waals surface area contributed by atoms with Crippen LogP contribution in [0.2, 0.25) is 0 Å². The zero-order valence-electron chi connectivity index (χ0n) is 4.67. The van der Waals surface area contributed by atoms with Crippen LogP contribution in [0.3, 0.4) is 0 Å². The summed E-state index contributed by atoms with van der Waals surface area (Å²) in [7, 11) is 0. The Morgan fingerprint density at radius 3 is 2.50 bits per heavy atom. The SMILES string of the molecule is C=C1C[C@H]1[C@H](O)CO. The van der Waals surface area contributed by atoms with Gasteiger partial charge in [0.15, 0.2) is 0 Å². The first-order chi connectivity index (χ1) is 3.75. The van der Waals surface area contributed by atoms with Gasteiger partial charge >= 0.3 is 0 Å². The van der Waals surface area contributed by atoms with E-state index in [0.717, 1.165) is 12.0 Å². The van der Waals surface area contributed by atoms with Crippen molar-refractivity contribution in [3.8, 4) is 0 Å². The van der Waals surface area contributed by atoms with E-state index in [1.54, 1.807) is 0 Å². The Labute approximate surface area is 48.5 Å². The van der Waals surface area contributed by atoms with Crippen molar-refractivity contribution >= 4 is 0 Å². The Morgan fingerprint density at radius 1 is 1.88 bits per heavy atom. The van der Waals surface area contributed by atoms with Gasteiger partial charge in [0.2, 0.25) is 0 Å². The molecule has 0 bridgehead atoms. The fourth-order valence-electron chi connectivity index (χ4n) is 0.759. The molecule has 0 heterocycles. The molecule has 0 radical (unpaired) electrons. The Kier molecular flexibility index (Phi) is 1.36. The predicted octanol–water partition coefficient (Wildman–Crippen LogP) is -0.0843. The topological polar surface area (TPSA) is 40.5 Å². The van der Waals surface area contributed by atoms with Crippen molar-refractivity contribution in [2.75, 3.05) is 6.61 Å². The zero-order chi connectivity index (χ0) is 6.15.